The number of likely N-dealkylation sites (tertiary alicyclic amines) is 1. The summed E-state index contributed by atoms with van der Waals surface area (Å²) in [5, 5.41) is 3.63. The quantitative estimate of drug-likeness (QED) is 0.793. The van der Waals surface area contributed by atoms with Crippen molar-refractivity contribution in [3.8, 4) is 0 Å². The van der Waals surface area contributed by atoms with Crippen molar-refractivity contribution in [2.24, 2.45) is 5.41 Å². The van der Waals surface area contributed by atoms with Gasteiger partial charge in [-0.05, 0) is 57.7 Å². The molecule has 1 aliphatic heterocycles. The standard InChI is InChI=1S/C15H32N2/c1-6-14(16-7-2)13(3)17-11-8-9-15(4,5)10-12-17/h13-14,16H,6-12H2,1-5H3. The second kappa shape index (κ2) is 6.75. The van der Waals surface area contributed by atoms with Gasteiger partial charge >= 0.3 is 0 Å². The highest BCUT2D eigenvalue weighted by molar-refractivity contribution is 4.84. The predicted octanol–water partition coefficient (Wildman–Crippen LogP) is 3.28. The molecule has 0 saturated carbocycles. The maximum Gasteiger partial charge on any atom is 0.0220 e. The van der Waals surface area contributed by atoms with E-state index in [4.69, 9.17) is 0 Å². The molecule has 102 valence electrons. The zero-order chi connectivity index (χ0) is 12.9. The van der Waals surface area contributed by atoms with Crippen molar-refractivity contribution in [2.75, 3.05) is 19.6 Å². The molecule has 1 aliphatic rings. The minimum atomic E-state index is 0.550. The van der Waals surface area contributed by atoms with Crippen LogP contribution in [0.15, 0.2) is 0 Å². The third-order valence-corrected chi connectivity index (χ3v) is 4.44. The van der Waals surface area contributed by atoms with Crippen molar-refractivity contribution in [3.05, 3.63) is 0 Å². The molecule has 0 aromatic heterocycles. The molecular weight excluding hydrogens is 208 g/mol. The molecule has 0 aromatic rings. The molecule has 1 heterocycles. The first-order valence-corrected chi connectivity index (χ1v) is 7.47. The van der Waals surface area contributed by atoms with Gasteiger partial charge in [-0.15, -0.1) is 0 Å². The van der Waals surface area contributed by atoms with E-state index in [-0.39, 0.29) is 0 Å². The average molecular weight is 240 g/mol. The summed E-state index contributed by atoms with van der Waals surface area (Å²) in [6, 6.07) is 1.33. The molecule has 0 spiro atoms. The van der Waals surface area contributed by atoms with E-state index >= 15 is 0 Å². The topological polar surface area (TPSA) is 15.3 Å². The fraction of sp³-hybridized carbons (Fsp3) is 1.00. The average Bonchev–Trinajstić information content (AvgIpc) is 2.46. The number of nitrogens with zero attached hydrogens (tertiary/aromatic N) is 1. The summed E-state index contributed by atoms with van der Waals surface area (Å²) >= 11 is 0. The molecule has 0 amide bonds. The largest absolute Gasteiger partial charge is 0.313 e. The van der Waals surface area contributed by atoms with E-state index in [2.05, 4.69) is 44.8 Å². The minimum Gasteiger partial charge on any atom is -0.313 e. The maximum absolute atomic E-state index is 3.63. The van der Waals surface area contributed by atoms with Gasteiger partial charge in [0.2, 0.25) is 0 Å². The van der Waals surface area contributed by atoms with E-state index in [1.54, 1.807) is 0 Å². The molecule has 0 bridgehead atoms. The van der Waals surface area contributed by atoms with Gasteiger partial charge in [-0.2, -0.15) is 0 Å². The van der Waals surface area contributed by atoms with E-state index in [0.717, 1.165) is 6.54 Å². The van der Waals surface area contributed by atoms with Gasteiger partial charge in [-0.25, -0.2) is 0 Å². The second-order valence-electron chi connectivity index (χ2n) is 6.37. The third-order valence-electron chi connectivity index (χ3n) is 4.44. The van der Waals surface area contributed by atoms with Gasteiger partial charge in [0.15, 0.2) is 0 Å². The van der Waals surface area contributed by atoms with Gasteiger partial charge in [-0.1, -0.05) is 27.7 Å². The molecule has 17 heavy (non-hydrogen) atoms. The Hall–Kier alpha value is -0.0800. The van der Waals surface area contributed by atoms with Crippen LogP contribution in [0.25, 0.3) is 0 Å². The Kier molecular flexibility index (Phi) is 5.94. The lowest BCUT2D eigenvalue weighted by atomic mass is 9.85. The van der Waals surface area contributed by atoms with Crippen LogP contribution in [0.4, 0.5) is 0 Å². The van der Waals surface area contributed by atoms with Gasteiger partial charge < -0.3 is 5.32 Å². The van der Waals surface area contributed by atoms with Crippen molar-refractivity contribution in [3.63, 3.8) is 0 Å². The summed E-state index contributed by atoms with van der Waals surface area (Å²) in [6.07, 6.45) is 5.32. The Morgan fingerprint density at radius 3 is 2.47 bits per heavy atom. The fourth-order valence-electron chi connectivity index (χ4n) is 3.02. The zero-order valence-electron chi connectivity index (χ0n) is 12.6. The minimum absolute atomic E-state index is 0.550. The van der Waals surface area contributed by atoms with Crippen LogP contribution in [0.5, 0.6) is 0 Å². The molecule has 1 saturated heterocycles. The number of hydrogen-bond donors (Lipinski definition) is 1. The highest BCUT2D eigenvalue weighted by atomic mass is 15.2. The Bertz CT molecular complexity index is 213. The third kappa shape index (κ3) is 4.59. The van der Waals surface area contributed by atoms with E-state index in [0.29, 0.717) is 17.5 Å². The summed E-state index contributed by atoms with van der Waals surface area (Å²) in [5.41, 5.74) is 0.550. The molecule has 2 heteroatoms. The summed E-state index contributed by atoms with van der Waals surface area (Å²) in [5.74, 6) is 0. The van der Waals surface area contributed by atoms with Crippen molar-refractivity contribution in [1.82, 2.24) is 10.2 Å². The van der Waals surface area contributed by atoms with Crippen molar-refractivity contribution in [2.45, 2.75) is 72.4 Å². The van der Waals surface area contributed by atoms with Crippen LogP contribution < -0.4 is 5.32 Å². The molecular formula is C15H32N2. The summed E-state index contributed by atoms with van der Waals surface area (Å²) in [4.78, 5) is 2.70. The fourth-order valence-corrected chi connectivity index (χ4v) is 3.02. The normalized spacial score (nSPS) is 25.2. The second-order valence-corrected chi connectivity index (χ2v) is 6.37. The van der Waals surface area contributed by atoms with Crippen molar-refractivity contribution < 1.29 is 0 Å². The lowest BCUT2D eigenvalue weighted by molar-refractivity contribution is 0.166. The van der Waals surface area contributed by atoms with Crippen LogP contribution in [-0.4, -0.2) is 36.6 Å². The first-order chi connectivity index (χ1) is 8.00. The molecule has 0 aromatic carbocycles. The smallest absolute Gasteiger partial charge is 0.0220 e. The summed E-state index contributed by atoms with van der Waals surface area (Å²) in [6.45, 7) is 15.4. The number of likely N-dealkylation sites (N-methyl/N-ethyl adjacent to an activating group) is 1. The van der Waals surface area contributed by atoms with Crippen molar-refractivity contribution >= 4 is 0 Å². The molecule has 1 rings (SSSR count). The van der Waals surface area contributed by atoms with Crippen LogP contribution in [0.3, 0.4) is 0 Å². The van der Waals surface area contributed by atoms with E-state index < -0.39 is 0 Å². The van der Waals surface area contributed by atoms with Gasteiger partial charge in [0.1, 0.15) is 0 Å². The molecule has 2 unspecified atom stereocenters. The lowest BCUT2D eigenvalue weighted by Gasteiger charge is -2.34. The first-order valence-electron chi connectivity index (χ1n) is 7.47. The number of rotatable bonds is 5. The van der Waals surface area contributed by atoms with E-state index in [9.17, 15) is 0 Å². The van der Waals surface area contributed by atoms with E-state index in [1.807, 2.05) is 0 Å². The number of hydrogen-bond acceptors (Lipinski definition) is 2. The highest BCUT2D eigenvalue weighted by Gasteiger charge is 2.27. The molecule has 1 fully saturated rings. The summed E-state index contributed by atoms with van der Waals surface area (Å²) < 4.78 is 0. The van der Waals surface area contributed by atoms with Gasteiger partial charge in [0, 0.05) is 12.1 Å². The Labute approximate surface area is 108 Å². The number of nitrogens with one attached hydrogen (secondary N) is 1. The van der Waals surface area contributed by atoms with Gasteiger partial charge in [-0.3, -0.25) is 4.90 Å². The SMILES string of the molecule is CCNC(CC)C(C)N1CCCC(C)(C)CC1. The first kappa shape index (κ1) is 15.0. The highest BCUT2D eigenvalue weighted by Crippen LogP contribution is 2.30. The van der Waals surface area contributed by atoms with Crippen LogP contribution in [0, 0.1) is 5.41 Å². The molecule has 0 radical (unpaired) electrons. The van der Waals surface area contributed by atoms with Gasteiger partial charge in [0.05, 0.1) is 0 Å². The summed E-state index contributed by atoms with van der Waals surface area (Å²) in [7, 11) is 0. The predicted molar refractivity (Wildman–Crippen MR) is 76.4 cm³/mol. The Balaban J connectivity index is 2.53. The molecule has 2 nitrogen and oxygen atoms in total. The van der Waals surface area contributed by atoms with Crippen LogP contribution in [-0.2, 0) is 0 Å². The van der Waals surface area contributed by atoms with Gasteiger partial charge in [0.25, 0.3) is 0 Å². The maximum atomic E-state index is 3.63. The molecule has 0 aliphatic carbocycles. The van der Waals surface area contributed by atoms with Crippen LogP contribution >= 0.6 is 0 Å². The monoisotopic (exact) mass is 240 g/mol. The molecule has 2 atom stereocenters. The van der Waals surface area contributed by atoms with E-state index in [1.165, 1.54) is 38.8 Å². The van der Waals surface area contributed by atoms with Crippen LogP contribution in [0.1, 0.15) is 60.3 Å². The Morgan fingerprint density at radius 1 is 1.18 bits per heavy atom. The lowest BCUT2D eigenvalue weighted by Crippen LogP contribution is -2.48. The van der Waals surface area contributed by atoms with Crippen molar-refractivity contribution in [1.29, 1.82) is 0 Å². The molecule has 1 N–H and O–H groups in total. The Morgan fingerprint density at radius 2 is 1.88 bits per heavy atom. The van der Waals surface area contributed by atoms with Crippen LogP contribution in [0.2, 0.25) is 0 Å². The zero-order valence-corrected chi connectivity index (χ0v) is 12.6.